The third-order valence-corrected chi connectivity index (χ3v) is 4.24. The number of likely N-dealkylation sites (tertiary alicyclic amines) is 1. The zero-order valence-corrected chi connectivity index (χ0v) is 13.4. The quantitative estimate of drug-likeness (QED) is 0.934. The number of carbonyl (C=O) groups excluding carboxylic acids is 1. The molecule has 6 heteroatoms. The van der Waals surface area contributed by atoms with E-state index in [-0.39, 0.29) is 25.5 Å². The van der Waals surface area contributed by atoms with Crippen molar-refractivity contribution in [3.05, 3.63) is 48.3 Å². The van der Waals surface area contributed by atoms with Gasteiger partial charge in [0.15, 0.2) is 0 Å². The van der Waals surface area contributed by atoms with Gasteiger partial charge in [-0.25, -0.2) is 4.39 Å². The predicted octanol–water partition coefficient (Wildman–Crippen LogP) is 2.30. The average Bonchev–Trinajstić information content (AvgIpc) is 3.02. The first-order valence-corrected chi connectivity index (χ1v) is 7.77. The van der Waals surface area contributed by atoms with Crippen molar-refractivity contribution in [1.82, 2.24) is 9.88 Å². The number of methoxy groups -OCH3 is 1. The highest BCUT2D eigenvalue weighted by atomic mass is 19.1. The molecule has 0 bridgehead atoms. The van der Waals surface area contributed by atoms with E-state index in [1.54, 1.807) is 19.4 Å². The van der Waals surface area contributed by atoms with Crippen molar-refractivity contribution < 1.29 is 19.0 Å². The van der Waals surface area contributed by atoms with E-state index in [1.807, 2.05) is 24.3 Å². The van der Waals surface area contributed by atoms with E-state index in [0.29, 0.717) is 5.56 Å². The summed E-state index contributed by atoms with van der Waals surface area (Å²) in [5.41, 5.74) is 2.08. The lowest BCUT2D eigenvalue weighted by molar-refractivity contribution is 0.0672. The molecular weight excluding hydrogens is 311 g/mol. The molecule has 1 saturated heterocycles. The van der Waals surface area contributed by atoms with E-state index in [4.69, 9.17) is 4.74 Å². The topological polar surface area (TPSA) is 62.7 Å². The first kappa shape index (κ1) is 16.4. The van der Waals surface area contributed by atoms with Gasteiger partial charge in [-0.15, -0.1) is 0 Å². The van der Waals surface area contributed by atoms with Crippen molar-refractivity contribution in [3.8, 4) is 16.9 Å². The molecule has 1 aromatic carbocycles. The van der Waals surface area contributed by atoms with Crippen LogP contribution in [0.15, 0.2) is 42.7 Å². The molecule has 0 saturated carbocycles. The maximum atomic E-state index is 13.6. The zero-order chi connectivity index (χ0) is 17.1. The first-order valence-electron chi connectivity index (χ1n) is 7.77. The molecule has 2 atom stereocenters. The van der Waals surface area contributed by atoms with Crippen LogP contribution in [0.4, 0.5) is 4.39 Å². The highest BCUT2D eigenvalue weighted by Gasteiger charge is 2.35. The minimum atomic E-state index is -1.09. The van der Waals surface area contributed by atoms with Crippen LogP contribution in [0.5, 0.6) is 5.75 Å². The Bertz CT molecular complexity index is 720. The number of halogens is 1. The number of hydrogen-bond acceptors (Lipinski definition) is 4. The van der Waals surface area contributed by atoms with Gasteiger partial charge in [-0.1, -0.05) is 12.1 Å². The molecule has 1 N–H and O–H groups in total. The number of benzene rings is 1. The molecule has 0 radical (unpaired) electrons. The summed E-state index contributed by atoms with van der Waals surface area (Å²) in [7, 11) is 1.60. The zero-order valence-electron chi connectivity index (χ0n) is 13.4. The second-order valence-electron chi connectivity index (χ2n) is 5.82. The van der Waals surface area contributed by atoms with E-state index < -0.39 is 12.2 Å². The molecule has 1 aliphatic rings. The van der Waals surface area contributed by atoms with Gasteiger partial charge >= 0.3 is 0 Å². The van der Waals surface area contributed by atoms with Crippen molar-refractivity contribution >= 4 is 5.91 Å². The Hall–Kier alpha value is -2.47. The third-order valence-electron chi connectivity index (χ3n) is 4.24. The second-order valence-corrected chi connectivity index (χ2v) is 5.82. The van der Waals surface area contributed by atoms with Crippen LogP contribution in [-0.4, -0.2) is 53.4 Å². The normalized spacial score (nSPS) is 20.2. The number of ether oxygens (including phenoxy) is 1. The Labute approximate surface area is 139 Å². The van der Waals surface area contributed by atoms with Crippen LogP contribution in [0.25, 0.3) is 11.1 Å². The van der Waals surface area contributed by atoms with Crippen LogP contribution in [0.2, 0.25) is 0 Å². The van der Waals surface area contributed by atoms with Crippen LogP contribution in [0.3, 0.4) is 0 Å². The summed E-state index contributed by atoms with van der Waals surface area (Å²) in [6.07, 6.45) is 2.22. The summed E-state index contributed by atoms with van der Waals surface area (Å²) in [5.74, 6) is 0.438. The standard InChI is InChI=1S/C18H19FN2O3/c1-24-17-4-2-12(3-5-17)13-6-14(9-20-8-13)18(23)21-10-15(19)7-16(21)11-22/h2-6,8-9,15-16,22H,7,10-11H2,1H3/t15-,16-/m0/s1. The fraction of sp³-hybridized carbons (Fsp3) is 0.333. The number of rotatable bonds is 4. The summed E-state index contributed by atoms with van der Waals surface area (Å²) in [6, 6.07) is 8.69. The Balaban J connectivity index is 1.85. The molecule has 2 heterocycles. The molecule has 1 aliphatic heterocycles. The number of aromatic nitrogens is 1. The minimum absolute atomic E-state index is 0.0107. The molecule has 24 heavy (non-hydrogen) atoms. The molecule has 1 fully saturated rings. The highest BCUT2D eigenvalue weighted by molar-refractivity contribution is 5.95. The van der Waals surface area contributed by atoms with Crippen LogP contribution in [0, 0.1) is 0 Å². The smallest absolute Gasteiger partial charge is 0.255 e. The van der Waals surface area contributed by atoms with E-state index in [0.717, 1.165) is 16.9 Å². The van der Waals surface area contributed by atoms with Crippen molar-refractivity contribution in [2.24, 2.45) is 0 Å². The van der Waals surface area contributed by atoms with Gasteiger partial charge in [-0.05, 0) is 23.8 Å². The van der Waals surface area contributed by atoms with Gasteiger partial charge in [0.2, 0.25) is 0 Å². The third kappa shape index (κ3) is 3.23. The second kappa shape index (κ2) is 6.97. The molecule has 0 aliphatic carbocycles. The van der Waals surface area contributed by atoms with Crippen LogP contribution < -0.4 is 4.74 Å². The maximum absolute atomic E-state index is 13.6. The summed E-state index contributed by atoms with van der Waals surface area (Å²) in [6.45, 7) is -0.228. The van der Waals surface area contributed by atoms with E-state index in [9.17, 15) is 14.3 Å². The molecule has 1 aromatic heterocycles. The first-order chi connectivity index (χ1) is 11.6. The van der Waals surface area contributed by atoms with Crippen molar-refractivity contribution in [3.63, 3.8) is 0 Å². The molecule has 3 rings (SSSR count). The molecule has 2 aromatic rings. The number of carbonyl (C=O) groups is 1. The molecule has 5 nitrogen and oxygen atoms in total. The van der Waals surface area contributed by atoms with Crippen molar-refractivity contribution in [2.45, 2.75) is 18.6 Å². The van der Waals surface area contributed by atoms with Crippen molar-refractivity contribution in [2.75, 3.05) is 20.3 Å². The van der Waals surface area contributed by atoms with E-state index in [2.05, 4.69) is 4.98 Å². The number of pyridine rings is 1. The number of nitrogens with zero attached hydrogens (tertiary/aromatic N) is 2. The van der Waals surface area contributed by atoms with Gasteiger partial charge in [0, 0.05) is 24.4 Å². The Morgan fingerprint density at radius 3 is 2.75 bits per heavy atom. The Kier molecular flexibility index (Phi) is 4.76. The lowest BCUT2D eigenvalue weighted by Crippen LogP contribution is -2.37. The van der Waals surface area contributed by atoms with Gasteiger partial charge in [-0.2, -0.15) is 0 Å². The number of amides is 1. The number of aliphatic hydroxyl groups is 1. The fourth-order valence-corrected chi connectivity index (χ4v) is 2.95. The molecule has 0 spiro atoms. The number of aliphatic hydroxyl groups excluding tert-OH is 1. The fourth-order valence-electron chi connectivity index (χ4n) is 2.95. The SMILES string of the molecule is COc1ccc(-c2cncc(C(=O)N3C[C@@H](F)C[C@H]3CO)c2)cc1. The van der Waals surface area contributed by atoms with E-state index >= 15 is 0 Å². The lowest BCUT2D eigenvalue weighted by Gasteiger charge is -2.22. The largest absolute Gasteiger partial charge is 0.497 e. The van der Waals surface area contributed by atoms with Crippen LogP contribution >= 0.6 is 0 Å². The number of hydrogen-bond donors (Lipinski definition) is 1. The summed E-state index contributed by atoms with van der Waals surface area (Å²) in [4.78, 5) is 18.2. The molecule has 1 amide bonds. The van der Waals surface area contributed by atoms with Gasteiger partial charge in [0.05, 0.1) is 31.9 Å². The summed E-state index contributed by atoms with van der Waals surface area (Å²) in [5, 5.41) is 9.34. The predicted molar refractivity (Wildman–Crippen MR) is 87.6 cm³/mol. The average molecular weight is 330 g/mol. The van der Waals surface area contributed by atoms with Gasteiger partial charge in [0.25, 0.3) is 5.91 Å². The van der Waals surface area contributed by atoms with Crippen molar-refractivity contribution in [1.29, 1.82) is 0 Å². The van der Waals surface area contributed by atoms with Gasteiger partial charge in [0.1, 0.15) is 11.9 Å². The van der Waals surface area contributed by atoms with Gasteiger partial charge in [-0.3, -0.25) is 9.78 Å². The van der Waals surface area contributed by atoms with Crippen LogP contribution in [-0.2, 0) is 0 Å². The van der Waals surface area contributed by atoms with Gasteiger partial charge < -0.3 is 14.7 Å². The lowest BCUT2D eigenvalue weighted by atomic mass is 10.1. The molecule has 0 unspecified atom stereocenters. The monoisotopic (exact) mass is 330 g/mol. The van der Waals surface area contributed by atoms with E-state index in [1.165, 1.54) is 11.1 Å². The number of alkyl halides is 1. The highest BCUT2D eigenvalue weighted by Crippen LogP contribution is 2.25. The Morgan fingerprint density at radius 2 is 2.08 bits per heavy atom. The maximum Gasteiger partial charge on any atom is 0.255 e. The molecule has 126 valence electrons. The van der Waals surface area contributed by atoms with Crippen LogP contribution in [0.1, 0.15) is 16.8 Å². The minimum Gasteiger partial charge on any atom is -0.497 e. The molecular formula is C18H19FN2O3. The summed E-state index contributed by atoms with van der Waals surface area (Å²) >= 11 is 0. The Morgan fingerprint density at radius 1 is 1.33 bits per heavy atom. The summed E-state index contributed by atoms with van der Waals surface area (Å²) < 4.78 is 18.7.